The van der Waals surface area contributed by atoms with Gasteiger partial charge in [0.15, 0.2) is 6.61 Å². The molecular formula is C18H24N2O3. The minimum absolute atomic E-state index is 0.0892. The highest BCUT2D eigenvalue weighted by molar-refractivity contribution is 6.05. The summed E-state index contributed by atoms with van der Waals surface area (Å²) in [6.07, 6.45) is 1.61. The SMILES string of the molecule is Cc1ccc(C)c(OCC(=O)N/N=C2/CC(=O)CC(C)(C)C2)c1. The predicted octanol–water partition coefficient (Wildman–Crippen LogP) is 2.93. The largest absolute Gasteiger partial charge is 0.483 e. The van der Waals surface area contributed by atoms with Crippen LogP contribution in [-0.2, 0) is 9.59 Å². The average molecular weight is 316 g/mol. The number of hydrogen-bond donors (Lipinski definition) is 1. The fourth-order valence-electron chi connectivity index (χ4n) is 2.76. The van der Waals surface area contributed by atoms with Crippen molar-refractivity contribution in [2.24, 2.45) is 10.5 Å². The van der Waals surface area contributed by atoms with Crippen LogP contribution in [0, 0.1) is 19.3 Å². The van der Waals surface area contributed by atoms with Crippen LogP contribution in [0.4, 0.5) is 0 Å². The van der Waals surface area contributed by atoms with Crippen LogP contribution in [0.2, 0.25) is 0 Å². The molecule has 0 saturated heterocycles. The molecule has 0 aromatic heterocycles. The van der Waals surface area contributed by atoms with Crippen molar-refractivity contribution < 1.29 is 14.3 Å². The first-order chi connectivity index (χ1) is 10.7. The molecule has 1 saturated carbocycles. The number of Topliss-reactive ketones (excluding diaryl/α,β-unsaturated/α-hetero) is 1. The standard InChI is InChI=1S/C18H24N2O3/c1-12-5-6-13(2)16(7-12)23-11-17(22)20-19-14-8-15(21)10-18(3,4)9-14/h5-7H,8-11H2,1-4H3,(H,20,22)/b19-14-. The molecule has 0 unspecified atom stereocenters. The normalized spacial score (nSPS) is 18.8. The molecule has 0 atom stereocenters. The van der Waals surface area contributed by atoms with E-state index in [1.54, 1.807) is 0 Å². The Bertz CT molecular complexity index is 648. The molecule has 2 rings (SSSR count). The van der Waals surface area contributed by atoms with Gasteiger partial charge in [0.2, 0.25) is 0 Å². The van der Waals surface area contributed by atoms with Crippen molar-refractivity contribution in [3.63, 3.8) is 0 Å². The van der Waals surface area contributed by atoms with Gasteiger partial charge in [-0.15, -0.1) is 0 Å². The number of hydrogen-bond acceptors (Lipinski definition) is 4. The molecule has 1 aromatic carbocycles. The van der Waals surface area contributed by atoms with Crippen LogP contribution in [0.15, 0.2) is 23.3 Å². The highest BCUT2D eigenvalue weighted by Crippen LogP contribution is 2.31. The Hall–Kier alpha value is -2.17. The van der Waals surface area contributed by atoms with Crippen LogP contribution in [-0.4, -0.2) is 24.0 Å². The fraction of sp³-hybridized carbons (Fsp3) is 0.500. The van der Waals surface area contributed by atoms with Crippen LogP contribution >= 0.6 is 0 Å². The van der Waals surface area contributed by atoms with Crippen LogP contribution in [0.25, 0.3) is 0 Å². The molecule has 5 nitrogen and oxygen atoms in total. The predicted molar refractivity (Wildman–Crippen MR) is 89.6 cm³/mol. The molecular weight excluding hydrogens is 292 g/mol. The summed E-state index contributed by atoms with van der Waals surface area (Å²) in [6, 6.07) is 5.85. The Balaban J connectivity index is 1.89. The molecule has 0 bridgehead atoms. The minimum atomic E-state index is -0.325. The number of ketones is 1. The van der Waals surface area contributed by atoms with Gasteiger partial charge in [-0.2, -0.15) is 5.10 Å². The quantitative estimate of drug-likeness (QED) is 0.868. The molecule has 124 valence electrons. The molecule has 1 N–H and O–H groups in total. The van der Waals surface area contributed by atoms with E-state index in [0.29, 0.717) is 18.6 Å². The van der Waals surface area contributed by atoms with Crippen molar-refractivity contribution in [3.05, 3.63) is 29.3 Å². The van der Waals surface area contributed by atoms with Gasteiger partial charge in [0.1, 0.15) is 11.5 Å². The topological polar surface area (TPSA) is 67.8 Å². The number of ether oxygens (including phenoxy) is 1. The molecule has 0 aliphatic heterocycles. The molecule has 23 heavy (non-hydrogen) atoms. The van der Waals surface area contributed by atoms with E-state index in [-0.39, 0.29) is 23.7 Å². The van der Waals surface area contributed by atoms with Crippen molar-refractivity contribution in [2.45, 2.75) is 47.0 Å². The zero-order chi connectivity index (χ0) is 17.0. The first-order valence-corrected chi connectivity index (χ1v) is 7.81. The zero-order valence-electron chi connectivity index (χ0n) is 14.2. The third kappa shape index (κ3) is 5.20. The third-order valence-electron chi connectivity index (χ3n) is 3.80. The highest BCUT2D eigenvalue weighted by atomic mass is 16.5. The second-order valence-electron chi connectivity index (χ2n) is 7.00. The van der Waals surface area contributed by atoms with E-state index in [1.807, 2.05) is 45.9 Å². The zero-order valence-corrected chi connectivity index (χ0v) is 14.2. The van der Waals surface area contributed by atoms with E-state index in [1.165, 1.54) is 0 Å². The maximum Gasteiger partial charge on any atom is 0.277 e. The number of amides is 1. The Kier molecular flexibility index (Phi) is 5.19. The summed E-state index contributed by atoms with van der Waals surface area (Å²) in [5.74, 6) is 0.539. The van der Waals surface area contributed by atoms with E-state index in [0.717, 1.165) is 23.3 Å². The Labute approximate surface area is 137 Å². The van der Waals surface area contributed by atoms with Crippen molar-refractivity contribution in [2.75, 3.05) is 6.61 Å². The smallest absolute Gasteiger partial charge is 0.277 e. The minimum Gasteiger partial charge on any atom is -0.483 e. The number of carbonyl (C=O) groups is 2. The molecule has 1 aliphatic carbocycles. The lowest BCUT2D eigenvalue weighted by molar-refractivity contribution is -0.123. The fourth-order valence-corrected chi connectivity index (χ4v) is 2.76. The van der Waals surface area contributed by atoms with Gasteiger partial charge in [-0.25, -0.2) is 5.43 Å². The summed E-state index contributed by atoms with van der Waals surface area (Å²) in [4.78, 5) is 23.6. The van der Waals surface area contributed by atoms with Crippen molar-refractivity contribution >= 4 is 17.4 Å². The van der Waals surface area contributed by atoms with E-state index in [9.17, 15) is 9.59 Å². The number of nitrogens with zero attached hydrogens (tertiary/aromatic N) is 1. The highest BCUT2D eigenvalue weighted by Gasteiger charge is 2.30. The lowest BCUT2D eigenvalue weighted by atomic mass is 9.76. The Morgan fingerprint density at radius 3 is 2.74 bits per heavy atom. The van der Waals surface area contributed by atoms with Gasteiger partial charge in [0.05, 0.1) is 0 Å². The van der Waals surface area contributed by atoms with Crippen molar-refractivity contribution in [3.8, 4) is 5.75 Å². The molecule has 1 fully saturated rings. The van der Waals surface area contributed by atoms with Crippen LogP contribution in [0.1, 0.15) is 44.2 Å². The summed E-state index contributed by atoms with van der Waals surface area (Å²) in [7, 11) is 0. The molecule has 0 heterocycles. The summed E-state index contributed by atoms with van der Waals surface area (Å²) in [6.45, 7) is 7.87. The van der Waals surface area contributed by atoms with E-state index in [2.05, 4.69) is 10.5 Å². The number of hydrazone groups is 1. The first-order valence-electron chi connectivity index (χ1n) is 7.81. The summed E-state index contributed by atoms with van der Waals surface area (Å²) >= 11 is 0. The van der Waals surface area contributed by atoms with Gasteiger partial charge in [-0.3, -0.25) is 9.59 Å². The molecule has 1 aliphatic rings. The third-order valence-corrected chi connectivity index (χ3v) is 3.80. The molecule has 0 spiro atoms. The van der Waals surface area contributed by atoms with E-state index in [4.69, 9.17) is 4.74 Å². The monoisotopic (exact) mass is 316 g/mol. The van der Waals surface area contributed by atoms with E-state index >= 15 is 0 Å². The summed E-state index contributed by atoms with van der Waals surface area (Å²) in [5.41, 5.74) is 5.18. The Morgan fingerprint density at radius 1 is 1.30 bits per heavy atom. The molecule has 5 heteroatoms. The molecule has 1 amide bonds. The first kappa shape index (κ1) is 17.2. The van der Waals surface area contributed by atoms with Gasteiger partial charge in [-0.1, -0.05) is 26.0 Å². The van der Waals surface area contributed by atoms with Gasteiger partial charge in [0.25, 0.3) is 5.91 Å². The average Bonchev–Trinajstić information content (AvgIpc) is 2.44. The van der Waals surface area contributed by atoms with Gasteiger partial charge in [0, 0.05) is 18.6 Å². The summed E-state index contributed by atoms with van der Waals surface area (Å²) in [5, 5.41) is 4.10. The van der Waals surface area contributed by atoms with Crippen molar-refractivity contribution in [1.82, 2.24) is 5.43 Å². The Morgan fingerprint density at radius 2 is 2.04 bits per heavy atom. The molecule has 0 radical (unpaired) electrons. The number of rotatable bonds is 4. The number of carbonyl (C=O) groups excluding carboxylic acids is 2. The van der Waals surface area contributed by atoms with Crippen molar-refractivity contribution in [1.29, 1.82) is 0 Å². The molecule has 1 aromatic rings. The lowest BCUT2D eigenvalue weighted by Gasteiger charge is -2.28. The second-order valence-corrected chi connectivity index (χ2v) is 7.00. The summed E-state index contributed by atoms with van der Waals surface area (Å²) < 4.78 is 5.53. The van der Waals surface area contributed by atoms with Gasteiger partial charge < -0.3 is 4.74 Å². The van der Waals surface area contributed by atoms with Crippen LogP contribution < -0.4 is 10.2 Å². The van der Waals surface area contributed by atoms with Crippen LogP contribution in [0.3, 0.4) is 0 Å². The van der Waals surface area contributed by atoms with E-state index < -0.39 is 0 Å². The number of aryl methyl sites for hydroxylation is 2. The van der Waals surface area contributed by atoms with Gasteiger partial charge in [-0.05, 0) is 42.9 Å². The number of nitrogens with one attached hydrogen (secondary N) is 1. The number of benzene rings is 1. The van der Waals surface area contributed by atoms with Crippen LogP contribution in [0.5, 0.6) is 5.75 Å². The van der Waals surface area contributed by atoms with Gasteiger partial charge >= 0.3 is 0 Å². The maximum atomic E-state index is 11.9. The second kappa shape index (κ2) is 6.94. The lowest BCUT2D eigenvalue weighted by Crippen LogP contribution is -2.32. The maximum absolute atomic E-state index is 11.9.